The molecule has 1 atom stereocenters. The Hall–Kier alpha value is -0.0300. The summed E-state index contributed by atoms with van der Waals surface area (Å²) >= 11 is 5.25. The molecule has 0 spiro atoms. The number of hydrogen-bond acceptors (Lipinski definition) is 3. The fraction of sp³-hybridized carbons (Fsp3) is 0.500. The molecular formula is C12H19BrN2S. The molecule has 1 rings (SSSR count). The number of thioether (sulfide) groups is 1. The molecule has 0 aliphatic rings. The Morgan fingerprint density at radius 2 is 1.88 bits per heavy atom. The van der Waals surface area contributed by atoms with Gasteiger partial charge in [0.25, 0.3) is 0 Å². The lowest BCUT2D eigenvalue weighted by Gasteiger charge is -2.29. The van der Waals surface area contributed by atoms with Crippen molar-refractivity contribution in [1.82, 2.24) is 5.43 Å². The fourth-order valence-corrected chi connectivity index (χ4v) is 2.81. The van der Waals surface area contributed by atoms with Crippen molar-refractivity contribution in [2.24, 2.45) is 11.3 Å². The SMILES string of the molecule is CC(C)(C)C(CSc1ccc(Br)cc1)NN. The van der Waals surface area contributed by atoms with Crippen molar-refractivity contribution in [1.29, 1.82) is 0 Å². The molecule has 1 aromatic rings. The van der Waals surface area contributed by atoms with Gasteiger partial charge in [-0.05, 0) is 29.7 Å². The van der Waals surface area contributed by atoms with Crippen LogP contribution < -0.4 is 11.3 Å². The molecule has 1 aromatic carbocycles. The Balaban J connectivity index is 2.53. The first-order valence-corrected chi connectivity index (χ1v) is 7.06. The maximum Gasteiger partial charge on any atom is 0.0353 e. The van der Waals surface area contributed by atoms with E-state index >= 15 is 0 Å². The van der Waals surface area contributed by atoms with Gasteiger partial charge in [-0.2, -0.15) is 0 Å². The van der Waals surface area contributed by atoms with Crippen LogP contribution in [-0.2, 0) is 0 Å². The van der Waals surface area contributed by atoms with Gasteiger partial charge in [0.2, 0.25) is 0 Å². The van der Waals surface area contributed by atoms with Gasteiger partial charge in [0.05, 0.1) is 0 Å². The highest BCUT2D eigenvalue weighted by molar-refractivity contribution is 9.10. The first-order valence-electron chi connectivity index (χ1n) is 5.28. The van der Waals surface area contributed by atoms with Gasteiger partial charge < -0.3 is 0 Å². The van der Waals surface area contributed by atoms with E-state index in [0.29, 0.717) is 6.04 Å². The minimum absolute atomic E-state index is 0.178. The number of nitrogens with one attached hydrogen (secondary N) is 1. The Kier molecular flexibility index (Phi) is 5.31. The predicted molar refractivity (Wildman–Crippen MR) is 75.4 cm³/mol. The largest absolute Gasteiger partial charge is 0.271 e. The van der Waals surface area contributed by atoms with E-state index in [4.69, 9.17) is 5.84 Å². The lowest BCUT2D eigenvalue weighted by Crippen LogP contribution is -2.46. The van der Waals surface area contributed by atoms with Gasteiger partial charge in [-0.3, -0.25) is 11.3 Å². The quantitative estimate of drug-likeness (QED) is 0.508. The standard InChI is InChI=1S/C12H19BrN2S/c1-12(2,3)11(15-14)8-16-10-6-4-9(13)5-7-10/h4-7,11,15H,8,14H2,1-3H3. The summed E-state index contributed by atoms with van der Waals surface area (Å²) in [6.45, 7) is 6.58. The topological polar surface area (TPSA) is 38.0 Å². The summed E-state index contributed by atoms with van der Waals surface area (Å²) in [5.41, 5.74) is 3.07. The van der Waals surface area contributed by atoms with Crippen LogP contribution in [0.4, 0.5) is 0 Å². The van der Waals surface area contributed by atoms with Crippen molar-refractivity contribution in [3.63, 3.8) is 0 Å². The van der Waals surface area contributed by atoms with Gasteiger partial charge in [-0.1, -0.05) is 36.7 Å². The second-order valence-corrected chi connectivity index (χ2v) is 6.86. The minimum Gasteiger partial charge on any atom is -0.271 e. The normalized spacial score (nSPS) is 13.8. The molecule has 3 N–H and O–H groups in total. The zero-order chi connectivity index (χ0) is 12.2. The molecular weight excluding hydrogens is 284 g/mol. The highest BCUT2D eigenvalue weighted by Crippen LogP contribution is 2.26. The molecule has 0 heterocycles. The summed E-state index contributed by atoms with van der Waals surface area (Å²) in [7, 11) is 0. The van der Waals surface area contributed by atoms with Crippen molar-refractivity contribution < 1.29 is 0 Å². The number of halogens is 1. The summed E-state index contributed by atoms with van der Waals surface area (Å²) in [6.07, 6.45) is 0. The summed E-state index contributed by atoms with van der Waals surface area (Å²) in [6, 6.07) is 8.66. The summed E-state index contributed by atoms with van der Waals surface area (Å²) in [5.74, 6) is 6.55. The molecule has 1 unspecified atom stereocenters. The molecule has 0 fully saturated rings. The van der Waals surface area contributed by atoms with Crippen LogP contribution in [0, 0.1) is 5.41 Å². The lowest BCUT2D eigenvalue weighted by atomic mass is 9.88. The molecule has 16 heavy (non-hydrogen) atoms. The fourth-order valence-electron chi connectivity index (χ4n) is 1.26. The highest BCUT2D eigenvalue weighted by atomic mass is 79.9. The molecule has 0 saturated heterocycles. The van der Waals surface area contributed by atoms with E-state index in [1.807, 2.05) is 11.8 Å². The zero-order valence-corrected chi connectivity index (χ0v) is 12.4. The average molecular weight is 303 g/mol. The van der Waals surface area contributed by atoms with Gasteiger partial charge in [0.15, 0.2) is 0 Å². The maximum atomic E-state index is 5.58. The van der Waals surface area contributed by atoms with Crippen molar-refractivity contribution in [2.45, 2.75) is 31.7 Å². The second kappa shape index (κ2) is 6.05. The molecule has 4 heteroatoms. The molecule has 0 radical (unpaired) electrons. The smallest absolute Gasteiger partial charge is 0.0353 e. The van der Waals surface area contributed by atoms with Crippen LogP contribution in [0.2, 0.25) is 0 Å². The van der Waals surface area contributed by atoms with Crippen LogP contribution in [0.1, 0.15) is 20.8 Å². The average Bonchev–Trinajstić information content (AvgIpc) is 2.19. The number of hydrazine groups is 1. The Morgan fingerprint density at radius 3 is 2.31 bits per heavy atom. The summed E-state index contributed by atoms with van der Waals surface area (Å²) < 4.78 is 1.11. The molecule has 0 amide bonds. The number of rotatable bonds is 4. The Bertz CT molecular complexity index is 319. The molecule has 0 bridgehead atoms. The van der Waals surface area contributed by atoms with Crippen molar-refractivity contribution in [2.75, 3.05) is 5.75 Å². The van der Waals surface area contributed by atoms with Gasteiger partial charge >= 0.3 is 0 Å². The van der Waals surface area contributed by atoms with E-state index in [1.54, 1.807) is 0 Å². The second-order valence-electron chi connectivity index (χ2n) is 4.85. The lowest BCUT2D eigenvalue weighted by molar-refractivity contribution is 0.294. The molecule has 0 saturated carbocycles. The van der Waals surface area contributed by atoms with E-state index in [2.05, 4.69) is 66.4 Å². The zero-order valence-electron chi connectivity index (χ0n) is 9.96. The van der Waals surface area contributed by atoms with Crippen molar-refractivity contribution in [3.05, 3.63) is 28.7 Å². The molecule has 2 nitrogen and oxygen atoms in total. The van der Waals surface area contributed by atoms with E-state index in [9.17, 15) is 0 Å². The van der Waals surface area contributed by atoms with E-state index in [0.717, 1.165) is 10.2 Å². The molecule has 0 aliphatic carbocycles. The van der Waals surface area contributed by atoms with E-state index in [1.165, 1.54) is 4.90 Å². The molecule has 0 aliphatic heterocycles. The predicted octanol–water partition coefficient (Wildman–Crippen LogP) is 3.42. The van der Waals surface area contributed by atoms with Crippen LogP contribution in [0.15, 0.2) is 33.6 Å². The van der Waals surface area contributed by atoms with Crippen LogP contribution in [-0.4, -0.2) is 11.8 Å². The van der Waals surface area contributed by atoms with Gasteiger partial charge in [0, 0.05) is 21.2 Å². The number of hydrogen-bond donors (Lipinski definition) is 2. The van der Waals surface area contributed by atoms with Gasteiger partial charge in [-0.25, -0.2) is 0 Å². The van der Waals surface area contributed by atoms with Crippen LogP contribution in [0.3, 0.4) is 0 Å². The Labute approximate surface area is 110 Å². The van der Waals surface area contributed by atoms with Crippen LogP contribution in [0.25, 0.3) is 0 Å². The summed E-state index contributed by atoms with van der Waals surface area (Å²) in [5, 5.41) is 0. The first-order chi connectivity index (χ1) is 7.43. The molecule has 90 valence electrons. The van der Waals surface area contributed by atoms with Crippen molar-refractivity contribution >= 4 is 27.7 Å². The van der Waals surface area contributed by atoms with Crippen LogP contribution in [0.5, 0.6) is 0 Å². The third-order valence-corrected chi connectivity index (χ3v) is 4.11. The third-order valence-electron chi connectivity index (χ3n) is 2.48. The van der Waals surface area contributed by atoms with Gasteiger partial charge in [-0.15, -0.1) is 11.8 Å². The molecule has 0 aromatic heterocycles. The minimum atomic E-state index is 0.178. The van der Waals surface area contributed by atoms with Crippen molar-refractivity contribution in [3.8, 4) is 0 Å². The van der Waals surface area contributed by atoms with E-state index in [-0.39, 0.29) is 5.41 Å². The Morgan fingerprint density at radius 1 is 1.31 bits per heavy atom. The maximum absolute atomic E-state index is 5.58. The number of nitrogens with two attached hydrogens (primary N) is 1. The van der Waals surface area contributed by atoms with Gasteiger partial charge in [0.1, 0.15) is 0 Å². The monoisotopic (exact) mass is 302 g/mol. The third kappa shape index (κ3) is 4.45. The first kappa shape index (κ1) is 14.0. The summed E-state index contributed by atoms with van der Waals surface area (Å²) in [4.78, 5) is 1.27. The highest BCUT2D eigenvalue weighted by Gasteiger charge is 2.23. The number of benzene rings is 1. The van der Waals surface area contributed by atoms with E-state index < -0.39 is 0 Å². The van der Waals surface area contributed by atoms with Crippen LogP contribution >= 0.6 is 27.7 Å².